The number of anilines is 1. The second-order valence-corrected chi connectivity index (χ2v) is 7.72. The minimum atomic E-state index is -0.499. The lowest BCUT2D eigenvalue weighted by Gasteiger charge is -2.24. The van der Waals surface area contributed by atoms with E-state index in [0.29, 0.717) is 18.9 Å². The topological polar surface area (TPSA) is 85.7 Å². The van der Waals surface area contributed by atoms with Gasteiger partial charge >= 0.3 is 5.97 Å². The largest absolute Gasteiger partial charge is 0.462 e. The quantitative estimate of drug-likeness (QED) is 0.643. The number of aromatic nitrogens is 2. The molecule has 1 amide bonds. The average molecular weight is 407 g/mol. The summed E-state index contributed by atoms with van der Waals surface area (Å²) in [7, 11) is 1.67. The molecule has 0 bridgehead atoms. The van der Waals surface area contributed by atoms with Crippen LogP contribution in [0.25, 0.3) is 0 Å². The molecule has 0 saturated carbocycles. The number of carbonyl (C=O) groups excluding carboxylic acids is 2. The number of esters is 1. The van der Waals surface area contributed by atoms with Crippen LogP contribution in [0.15, 0.2) is 23.7 Å². The van der Waals surface area contributed by atoms with Gasteiger partial charge in [0.1, 0.15) is 11.4 Å². The van der Waals surface area contributed by atoms with Crippen molar-refractivity contribution in [2.45, 2.75) is 32.4 Å². The first-order chi connectivity index (χ1) is 13.6. The number of hydrogen-bond acceptors (Lipinski definition) is 7. The molecule has 1 aliphatic rings. The molecule has 1 saturated heterocycles. The lowest BCUT2D eigenvalue weighted by atomic mass is 10.2. The monoisotopic (exact) mass is 406 g/mol. The number of ether oxygens (including phenoxy) is 2. The van der Waals surface area contributed by atoms with Crippen molar-refractivity contribution in [3.8, 4) is 0 Å². The van der Waals surface area contributed by atoms with E-state index in [0.717, 1.165) is 19.4 Å². The number of carbonyl (C=O) groups is 2. The van der Waals surface area contributed by atoms with E-state index in [4.69, 9.17) is 9.47 Å². The molecule has 9 heteroatoms. The van der Waals surface area contributed by atoms with Gasteiger partial charge in [0.25, 0.3) is 0 Å². The van der Waals surface area contributed by atoms with Gasteiger partial charge < -0.3 is 14.8 Å². The number of nitrogens with zero attached hydrogens (tertiary/aromatic N) is 3. The molecule has 1 N–H and O–H groups in total. The standard InChI is InChI=1S/C19H26N4O4S/c1-3-26-19(25)16-10-20-22(2)18(16)21-17(24)13-23(11-14-6-4-8-27-14)12-15-7-5-9-28-15/h5,7,9-10,14H,3-4,6,8,11-13H2,1-2H3,(H,21,24). The van der Waals surface area contributed by atoms with Gasteiger partial charge in [0.2, 0.25) is 5.91 Å². The van der Waals surface area contributed by atoms with Crippen LogP contribution in [0.5, 0.6) is 0 Å². The van der Waals surface area contributed by atoms with E-state index in [1.807, 2.05) is 11.4 Å². The summed E-state index contributed by atoms with van der Waals surface area (Å²) in [5, 5.41) is 8.91. The van der Waals surface area contributed by atoms with Crippen LogP contribution in [0.1, 0.15) is 35.0 Å². The summed E-state index contributed by atoms with van der Waals surface area (Å²) in [6.45, 7) is 4.35. The minimum absolute atomic E-state index is 0.152. The Kier molecular flexibility index (Phi) is 7.18. The van der Waals surface area contributed by atoms with E-state index >= 15 is 0 Å². The average Bonchev–Trinajstić information content (AvgIpc) is 3.40. The summed E-state index contributed by atoms with van der Waals surface area (Å²) >= 11 is 1.67. The Hall–Kier alpha value is -2.23. The van der Waals surface area contributed by atoms with Gasteiger partial charge in [-0.3, -0.25) is 14.4 Å². The molecule has 0 spiro atoms. The maximum Gasteiger partial charge on any atom is 0.343 e. The van der Waals surface area contributed by atoms with Crippen molar-refractivity contribution in [2.75, 3.05) is 31.6 Å². The van der Waals surface area contributed by atoms with Crippen LogP contribution in [0.4, 0.5) is 5.82 Å². The third-order valence-corrected chi connectivity index (χ3v) is 5.37. The van der Waals surface area contributed by atoms with Crippen LogP contribution in [0.2, 0.25) is 0 Å². The second kappa shape index (κ2) is 9.81. The fourth-order valence-electron chi connectivity index (χ4n) is 3.20. The summed E-state index contributed by atoms with van der Waals surface area (Å²) in [4.78, 5) is 28.1. The molecule has 0 radical (unpaired) electrons. The molecule has 3 rings (SSSR count). The Morgan fingerprint density at radius 3 is 3.04 bits per heavy atom. The van der Waals surface area contributed by atoms with Gasteiger partial charge in [-0.15, -0.1) is 11.3 Å². The number of hydrogen-bond donors (Lipinski definition) is 1. The molecule has 1 atom stereocenters. The number of nitrogens with one attached hydrogen (secondary N) is 1. The van der Waals surface area contributed by atoms with Gasteiger partial charge in [0.05, 0.1) is 25.5 Å². The molecule has 1 aliphatic heterocycles. The smallest absolute Gasteiger partial charge is 0.343 e. The molecule has 0 aromatic carbocycles. The Morgan fingerprint density at radius 2 is 2.36 bits per heavy atom. The maximum atomic E-state index is 12.7. The van der Waals surface area contributed by atoms with E-state index < -0.39 is 5.97 Å². The molecule has 2 aromatic rings. The number of amides is 1. The van der Waals surface area contributed by atoms with Crippen molar-refractivity contribution in [1.29, 1.82) is 0 Å². The van der Waals surface area contributed by atoms with Crippen molar-refractivity contribution in [1.82, 2.24) is 14.7 Å². The summed E-state index contributed by atoms with van der Waals surface area (Å²) < 4.78 is 12.2. The molecule has 1 fully saturated rings. The van der Waals surface area contributed by atoms with Crippen molar-refractivity contribution in [2.24, 2.45) is 7.05 Å². The highest BCUT2D eigenvalue weighted by Gasteiger charge is 2.23. The second-order valence-electron chi connectivity index (χ2n) is 6.68. The molecule has 152 valence electrons. The minimum Gasteiger partial charge on any atom is -0.462 e. The van der Waals surface area contributed by atoms with Crippen molar-refractivity contribution in [3.63, 3.8) is 0 Å². The molecular weight excluding hydrogens is 380 g/mol. The summed E-state index contributed by atoms with van der Waals surface area (Å²) in [5.41, 5.74) is 0.252. The summed E-state index contributed by atoms with van der Waals surface area (Å²) in [6, 6.07) is 4.07. The summed E-state index contributed by atoms with van der Waals surface area (Å²) in [6.07, 6.45) is 3.63. The number of aryl methyl sites for hydroxylation is 1. The van der Waals surface area contributed by atoms with E-state index in [1.54, 1.807) is 25.3 Å². The van der Waals surface area contributed by atoms with Crippen LogP contribution in [0, 0.1) is 0 Å². The highest BCUT2D eigenvalue weighted by Crippen LogP contribution is 2.18. The van der Waals surface area contributed by atoms with Crippen LogP contribution in [0.3, 0.4) is 0 Å². The van der Waals surface area contributed by atoms with Gasteiger partial charge in [0, 0.05) is 31.6 Å². The fourth-order valence-corrected chi connectivity index (χ4v) is 3.95. The van der Waals surface area contributed by atoms with Crippen LogP contribution >= 0.6 is 11.3 Å². The highest BCUT2D eigenvalue weighted by atomic mass is 32.1. The zero-order valence-corrected chi connectivity index (χ0v) is 17.0. The van der Waals surface area contributed by atoms with Gasteiger partial charge in [0.15, 0.2) is 0 Å². The van der Waals surface area contributed by atoms with Crippen LogP contribution in [-0.2, 0) is 27.9 Å². The lowest BCUT2D eigenvalue weighted by Crippen LogP contribution is -2.38. The maximum absolute atomic E-state index is 12.7. The fraction of sp³-hybridized carbons (Fsp3) is 0.526. The molecule has 3 heterocycles. The Bertz CT molecular complexity index is 784. The van der Waals surface area contributed by atoms with Gasteiger partial charge in [-0.05, 0) is 31.2 Å². The normalized spacial score (nSPS) is 16.5. The summed E-state index contributed by atoms with van der Waals surface area (Å²) in [5.74, 6) is -0.360. The zero-order chi connectivity index (χ0) is 19.9. The molecule has 1 unspecified atom stereocenters. The predicted octanol–water partition coefficient (Wildman–Crippen LogP) is 2.28. The van der Waals surface area contributed by atoms with Crippen LogP contribution in [-0.4, -0.2) is 59.0 Å². The lowest BCUT2D eigenvalue weighted by molar-refractivity contribution is -0.117. The van der Waals surface area contributed by atoms with E-state index in [1.165, 1.54) is 15.8 Å². The van der Waals surface area contributed by atoms with Gasteiger partial charge in [-0.1, -0.05) is 6.07 Å². The third-order valence-electron chi connectivity index (χ3n) is 4.50. The highest BCUT2D eigenvalue weighted by molar-refractivity contribution is 7.09. The number of thiophene rings is 1. The molecule has 28 heavy (non-hydrogen) atoms. The van der Waals surface area contributed by atoms with Gasteiger partial charge in [-0.25, -0.2) is 4.79 Å². The SMILES string of the molecule is CCOC(=O)c1cnn(C)c1NC(=O)CN(Cc1cccs1)CC1CCCO1. The zero-order valence-electron chi connectivity index (χ0n) is 16.2. The van der Waals surface area contributed by atoms with Crippen LogP contribution < -0.4 is 5.32 Å². The van der Waals surface area contributed by atoms with Crippen molar-refractivity contribution in [3.05, 3.63) is 34.2 Å². The third kappa shape index (κ3) is 5.40. The first-order valence-electron chi connectivity index (χ1n) is 9.42. The first-order valence-corrected chi connectivity index (χ1v) is 10.3. The van der Waals surface area contributed by atoms with Crippen molar-refractivity contribution < 1.29 is 19.1 Å². The van der Waals surface area contributed by atoms with Crippen molar-refractivity contribution >= 4 is 29.0 Å². The van der Waals surface area contributed by atoms with E-state index in [9.17, 15) is 9.59 Å². The number of rotatable bonds is 9. The van der Waals surface area contributed by atoms with E-state index in [-0.39, 0.29) is 30.7 Å². The van der Waals surface area contributed by atoms with Gasteiger partial charge in [-0.2, -0.15) is 5.10 Å². The Labute approximate surface area is 168 Å². The van der Waals surface area contributed by atoms with E-state index in [2.05, 4.69) is 21.4 Å². The Morgan fingerprint density at radius 1 is 1.50 bits per heavy atom. The Balaban J connectivity index is 1.66. The molecular formula is C19H26N4O4S. The molecule has 2 aromatic heterocycles. The first kappa shape index (κ1) is 20.5. The molecule has 8 nitrogen and oxygen atoms in total. The predicted molar refractivity (Wildman–Crippen MR) is 106 cm³/mol. The molecule has 0 aliphatic carbocycles.